The number of carbonyl (C=O) groups excluding carboxylic acids is 2. The zero-order chi connectivity index (χ0) is 24.6. The molecule has 0 unspecified atom stereocenters. The first-order chi connectivity index (χ1) is 17.0. The molecule has 180 valence electrons. The molecule has 3 N–H and O–H groups in total. The Hall–Kier alpha value is -4.34. The summed E-state index contributed by atoms with van der Waals surface area (Å²) < 4.78 is 5.71. The third kappa shape index (κ3) is 6.38. The number of esters is 1. The van der Waals surface area contributed by atoms with Crippen LogP contribution in [0.1, 0.15) is 49.4 Å². The number of hydrogen-bond acceptors (Lipinski definition) is 9. The van der Waals surface area contributed by atoms with E-state index in [1.165, 1.54) is 13.1 Å². The van der Waals surface area contributed by atoms with Crippen molar-refractivity contribution in [3.8, 4) is 0 Å². The van der Waals surface area contributed by atoms with Gasteiger partial charge in [0, 0.05) is 18.3 Å². The number of para-hydroxylation sites is 1. The van der Waals surface area contributed by atoms with E-state index in [2.05, 4.69) is 31.1 Å². The zero-order valence-electron chi connectivity index (χ0n) is 19.3. The number of rotatable bonds is 8. The van der Waals surface area contributed by atoms with Crippen molar-refractivity contribution >= 4 is 46.4 Å². The molecule has 0 radical (unpaired) electrons. The van der Waals surface area contributed by atoms with Crippen molar-refractivity contribution < 1.29 is 14.3 Å². The van der Waals surface area contributed by atoms with Crippen molar-refractivity contribution in [3.05, 3.63) is 65.2 Å². The topological polar surface area (TPSA) is 135 Å². The molecule has 1 saturated carbocycles. The molecule has 0 bridgehead atoms. The van der Waals surface area contributed by atoms with Crippen LogP contribution in [-0.4, -0.2) is 27.9 Å². The normalized spacial score (nSPS) is 13.5. The monoisotopic (exact) mass is 474 g/mol. The van der Waals surface area contributed by atoms with Crippen LogP contribution >= 0.6 is 0 Å². The molecule has 0 saturated heterocycles. The van der Waals surface area contributed by atoms with Crippen molar-refractivity contribution in [1.82, 2.24) is 9.97 Å². The first-order valence-corrected chi connectivity index (χ1v) is 11.4. The maximum atomic E-state index is 12.9. The van der Waals surface area contributed by atoms with Gasteiger partial charge in [-0.3, -0.25) is 4.79 Å². The van der Waals surface area contributed by atoms with Gasteiger partial charge in [-0.15, -0.1) is 4.91 Å². The van der Waals surface area contributed by atoms with Crippen molar-refractivity contribution in [1.29, 1.82) is 0 Å². The number of carbonyl (C=O) groups is 2. The quantitative estimate of drug-likeness (QED) is 0.275. The molecule has 10 nitrogen and oxygen atoms in total. The molecule has 0 spiro atoms. The Morgan fingerprint density at radius 3 is 2.40 bits per heavy atom. The van der Waals surface area contributed by atoms with E-state index >= 15 is 0 Å². The van der Waals surface area contributed by atoms with Gasteiger partial charge in [0.25, 0.3) is 0 Å². The molecule has 35 heavy (non-hydrogen) atoms. The largest absolute Gasteiger partial charge is 0.459 e. The van der Waals surface area contributed by atoms with Crippen molar-refractivity contribution in [3.63, 3.8) is 0 Å². The average molecular weight is 475 g/mol. The predicted octanol–water partition coefficient (Wildman–Crippen LogP) is 5.81. The predicted molar refractivity (Wildman–Crippen MR) is 134 cm³/mol. The molecule has 1 aliphatic carbocycles. The van der Waals surface area contributed by atoms with Gasteiger partial charge in [0.05, 0.1) is 17.4 Å². The summed E-state index contributed by atoms with van der Waals surface area (Å²) in [5.74, 6) is -0.225. The third-order valence-electron chi connectivity index (χ3n) is 5.56. The Morgan fingerprint density at radius 2 is 1.69 bits per heavy atom. The highest BCUT2D eigenvalue weighted by Gasteiger charge is 2.21. The average Bonchev–Trinajstić information content (AvgIpc) is 2.86. The molecule has 4 rings (SSSR count). The summed E-state index contributed by atoms with van der Waals surface area (Å²) in [4.78, 5) is 43.9. The van der Waals surface area contributed by atoms with E-state index in [-0.39, 0.29) is 29.5 Å². The van der Waals surface area contributed by atoms with Crippen molar-refractivity contribution in [2.45, 2.75) is 45.1 Å². The molecule has 0 atom stereocenters. The first-order valence-electron chi connectivity index (χ1n) is 11.4. The number of hydrogen-bond donors (Lipinski definition) is 3. The Morgan fingerprint density at radius 1 is 0.971 bits per heavy atom. The van der Waals surface area contributed by atoms with Gasteiger partial charge >= 0.3 is 5.97 Å². The highest BCUT2D eigenvalue weighted by atomic mass is 16.5. The van der Waals surface area contributed by atoms with Gasteiger partial charge < -0.3 is 20.7 Å². The maximum absolute atomic E-state index is 12.9. The number of nitrogens with one attached hydrogen (secondary N) is 3. The van der Waals surface area contributed by atoms with Gasteiger partial charge in [-0.2, -0.15) is 4.98 Å². The van der Waals surface area contributed by atoms with Crippen LogP contribution in [-0.2, 0) is 9.53 Å². The Bertz CT molecular complexity index is 1210. The van der Waals surface area contributed by atoms with E-state index in [0.29, 0.717) is 22.6 Å². The fraction of sp³-hybridized carbons (Fsp3) is 0.280. The Kier molecular flexibility index (Phi) is 7.61. The molecule has 1 amide bonds. The van der Waals surface area contributed by atoms with E-state index in [1.54, 1.807) is 48.5 Å². The number of nitrogens with zero attached hydrogens (tertiary/aromatic N) is 3. The van der Waals surface area contributed by atoms with Crippen LogP contribution in [0.3, 0.4) is 0 Å². The standard InChI is InChI=1S/C25H26N6O4/c1-16(32)27-17-11-13-18(14-12-17)28-25-26-15-22(31-34)23(30-25)29-21-10-6-5-9-20(21)24(33)35-19-7-3-2-4-8-19/h5-6,9-15,19H,2-4,7-8H2,1H3,(H,27,32)(H2,26,28,29,30). The van der Waals surface area contributed by atoms with Crippen molar-refractivity contribution in [2.75, 3.05) is 16.0 Å². The SMILES string of the molecule is CC(=O)Nc1ccc(Nc2ncc(N=O)c(Nc3ccccc3C(=O)OC3CCCCC3)n2)cc1. The maximum Gasteiger partial charge on any atom is 0.340 e. The van der Waals surface area contributed by atoms with Crippen LogP contribution in [0.15, 0.2) is 59.9 Å². The van der Waals surface area contributed by atoms with E-state index in [1.807, 2.05) is 0 Å². The van der Waals surface area contributed by atoms with Crippen LogP contribution in [0, 0.1) is 4.91 Å². The summed E-state index contributed by atoms with van der Waals surface area (Å²) in [6.07, 6.45) is 6.22. The second kappa shape index (κ2) is 11.2. The molecular weight excluding hydrogens is 448 g/mol. The van der Waals surface area contributed by atoms with E-state index in [4.69, 9.17) is 4.74 Å². The minimum absolute atomic E-state index is 0.00740. The van der Waals surface area contributed by atoms with E-state index in [9.17, 15) is 14.5 Å². The lowest BCUT2D eigenvalue weighted by Crippen LogP contribution is -2.21. The Balaban J connectivity index is 1.52. The minimum Gasteiger partial charge on any atom is -0.459 e. The summed E-state index contributed by atoms with van der Waals surface area (Å²) in [6.45, 7) is 1.44. The zero-order valence-corrected chi connectivity index (χ0v) is 19.3. The summed E-state index contributed by atoms with van der Waals surface area (Å²) in [6, 6.07) is 13.9. The number of nitroso groups, excluding NO2 is 1. The fourth-order valence-electron chi connectivity index (χ4n) is 3.86. The first kappa shape index (κ1) is 23.8. The second-order valence-corrected chi connectivity index (χ2v) is 8.24. The summed E-state index contributed by atoms with van der Waals surface area (Å²) in [7, 11) is 0. The lowest BCUT2D eigenvalue weighted by atomic mass is 9.98. The molecule has 0 aliphatic heterocycles. The molecule has 1 heterocycles. The molecular formula is C25H26N6O4. The lowest BCUT2D eigenvalue weighted by Gasteiger charge is -2.22. The number of benzene rings is 2. The van der Waals surface area contributed by atoms with Gasteiger partial charge in [0.15, 0.2) is 11.5 Å². The highest BCUT2D eigenvalue weighted by Crippen LogP contribution is 2.30. The van der Waals surface area contributed by atoms with E-state index < -0.39 is 5.97 Å². The number of ether oxygens (including phenoxy) is 1. The smallest absolute Gasteiger partial charge is 0.340 e. The summed E-state index contributed by atoms with van der Waals surface area (Å²) >= 11 is 0. The van der Waals surface area contributed by atoms with Gasteiger partial charge in [-0.25, -0.2) is 9.78 Å². The van der Waals surface area contributed by atoms with Crippen molar-refractivity contribution in [2.24, 2.45) is 5.18 Å². The van der Waals surface area contributed by atoms with Gasteiger partial charge in [-0.05, 0) is 67.3 Å². The second-order valence-electron chi connectivity index (χ2n) is 8.24. The van der Waals surface area contributed by atoms with Crippen LogP contribution in [0.5, 0.6) is 0 Å². The number of anilines is 5. The van der Waals surface area contributed by atoms with Gasteiger partial charge in [0.2, 0.25) is 11.9 Å². The Labute approximate surface area is 202 Å². The molecule has 1 aliphatic rings. The summed E-state index contributed by atoms with van der Waals surface area (Å²) in [5.41, 5.74) is 2.11. The highest BCUT2D eigenvalue weighted by molar-refractivity contribution is 5.97. The van der Waals surface area contributed by atoms with E-state index in [0.717, 1.165) is 32.1 Å². The lowest BCUT2D eigenvalue weighted by molar-refractivity contribution is -0.114. The van der Waals surface area contributed by atoms with Crippen LogP contribution in [0.25, 0.3) is 0 Å². The fourth-order valence-corrected chi connectivity index (χ4v) is 3.86. The molecule has 1 fully saturated rings. The number of aromatic nitrogens is 2. The van der Waals surface area contributed by atoms with Crippen LogP contribution in [0.2, 0.25) is 0 Å². The number of amides is 1. The third-order valence-corrected chi connectivity index (χ3v) is 5.56. The molecule has 10 heteroatoms. The van der Waals surface area contributed by atoms with Crippen LogP contribution in [0.4, 0.5) is 34.5 Å². The molecule has 1 aromatic heterocycles. The summed E-state index contributed by atoms with van der Waals surface area (Å²) in [5, 5.41) is 11.8. The van der Waals surface area contributed by atoms with Gasteiger partial charge in [-0.1, -0.05) is 18.6 Å². The van der Waals surface area contributed by atoms with Gasteiger partial charge in [0.1, 0.15) is 6.10 Å². The molecule has 3 aromatic rings. The molecule has 2 aromatic carbocycles. The van der Waals surface area contributed by atoms with Crippen LogP contribution < -0.4 is 16.0 Å². The minimum atomic E-state index is -0.424.